The number of oxime groups is 1. The fourth-order valence-electron chi connectivity index (χ4n) is 2.21. The number of likely N-dealkylation sites (tertiary alicyclic amines) is 1. The van der Waals surface area contributed by atoms with Gasteiger partial charge in [-0.25, -0.2) is 0 Å². The summed E-state index contributed by atoms with van der Waals surface area (Å²) in [5.41, 5.74) is 1.82. The van der Waals surface area contributed by atoms with Crippen molar-refractivity contribution in [3.8, 4) is 0 Å². The third-order valence-corrected chi connectivity index (χ3v) is 3.10. The van der Waals surface area contributed by atoms with E-state index in [-0.39, 0.29) is 12.1 Å². The number of nitrogens with zero attached hydrogens (tertiary/aromatic N) is 3. The summed E-state index contributed by atoms with van der Waals surface area (Å²) in [6, 6.07) is 3.82. The molecule has 3 heterocycles. The third-order valence-electron chi connectivity index (χ3n) is 3.10. The summed E-state index contributed by atoms with van der Waals surface area (Å²) < 4.78 is 0. The minimum Gasteiger partial charge on any atom is -0.370 e. The summed E-state index contributed by atoms with van der Waals surface area (Å²) in [5, 5.41) is 4.05. The molecule has 1 saturated heterocycles. The molecule has 88 valence electrons. The molecule has 0 aromatic carbocycles. The van der Waals surface area contributed by atoms with Crippen molar-refractivity contribution in [3.63, 3.8) is 0 Å². The molecule has 1 aromatic heterocycles. The Balaban J connectivity index is 1.71. The van der Waals surface area contributed by atoms with Gasteiger partial charge in [0.05, 0.1) is 12.1 Å². The second-order valence-electron chi connectivity index (χ2n) is 4.23. The van der Waals surface area contributed by atoms with E-state index in [1.54, 1.807) is 17.3 Å². The minimum absolute atomic E-state index is 0.164. The number of hydrogen-bond acceptors (Lipinski definition) is 4. The monoisotopic (exact) mass is 231 g/mol. The number of rotatable bonds is 2. The lowest BCUT2D eigenvalue weighted by molar-refractivity contribution is -0.138. The summed E-state index contributed by atoms with van der Waals surface area (Å²) in [6.45, 7) is 0.777. The van der Waals surface area contributed by atoms with Gasteiger partial charge < -0.3 is 9.74 Å². The molecule has 1 amide bonds. The highest BCUT2D eigenvalue weighted by molar-refractivity contribution is 6.01. The van der Waals surface area contributed by atoms with Crippen LogP contribution in [0.15, 0.2) is 29.7 Å². The van der Waals surface area contributed by atoms with E-state index in [0.717, 1.165) is 24.2 Å². The van der Waals surface area contributed by atoms with Crippen molar-refractivity contribution in [2.75, 3.05) is 6.54 Å². The zero-order valence-electron chi connectivity index (χ0n) is 9.37. The normalized spacial score (nSPS) is 23.8. The lowest BCUT2D eigenvalue weighted by Crippen LogP contribution is -2.36. The van der Waals surface area contributed by atoms with Crippen molar-refractivity contribution in [3.05, 3.63) is 30.1 Å². The van der Waals surface area contributed by atoms with Crippen molar-refractivity contribution >= 4 is 11.6 Å². The molecule has 0 N–H and O–H groups in total. The highest BCUT2D eigenvalue weighted by atomic mass is 16.7. The molecule has 1 fully saturated rings. The Labute approximate surface area is 99.1 Å². The van der Waals surface area contributed by atoms with Gasteiger partial charge in [-0.15, -0.1) is 0 Å². The second kappa shape index (κ2) is 4.16. The first-order valence-electron chi connectivity index (χ1n) is 5.77. The predicted molar refractivity (Wildman–Crippen MR) is 61.2 cm³/mol. The van der Waals surface area contributed by atoms with Gasteiger partial charge in [-0.2, -0.15) is 0 Å². The van der Waals surface area contributed by atoms with Crippen molar-refractivity contribution in [2.45, 2.75) is 25.5 Å². The topological polar surface area (TPSA) is 54.8 Å². The van der Waals surface area contributed by atoms with E-state index in [4.69, 9.17) is 4.84 Å². The zero-order chi connectivity index (χ0) is 11.7. The SMILES string of the molecule is O=C1CCCN1C1CC(c2cccnc2)=NO1. The van der Waals surface area contributed by atoms with Gasteiger partial charge in [0.25, 0.3) is 0 Å². The van der Waals surface area contributed by atoms with E-state index in [2.05, 4.69) is 10.1 Å². The molecule has 1 unspecified atom stereocenters. The highest BCUT2D eigenvalue weighted by Gasteiger charge is 2.33. The van der Waals surface area contributed by atoms with Crippen LogP contribution in [0.25, 0.3) is 0 Å². The Morgan fingerprint density at radius 2 is 2.41 bits per heavy atom. The fraction of sp³-hybridized carbons (Fsp3) is 0.417. The van der Waals surface area contributed by atoms with Gasteiger partial charge >= 0.3 is 0 Å². The highest BCUT2D eigenvalue weighted by Crippen LogP contribution is 2.23. The zero-order valence-corrected chi connectivity index (χ0v) is 9.37. The van der Waals surface area contributed by atoms with Crippen LogP contribution >= 0.6 is 0 Å². The number of carbonyl (C=O) groups excluding carboxylic acids is 1. The molecule has 0 aliphatic carbocycles. The second-order valence-corrected chi connectivity index (χ2v) is 4.23. The average molecular weight is 231 g/mol. The average Bonchev–Trinajstić information content (AvgIpc) is 2.98. The van der Waals surface area contributed by atoms with Crippen LogP contribution in [0.3, 0.4) is 0 Å². The van der Waals surface area contributed by atoms with Gasteiger partial charge in [0, 0.05) is 30.9 Å². The van der Waals surface area contributed by atoms with E-state index in [1.165, 1.54) is 0 Å². The van der Waals surface area contributed by atoms with Gasteiger partial charge in [-0.1, -0.05) is 5.16 Å². The van der Waals surface area contributed by atoms with Crippen molar-refractivity contribution < 1.29 is 9.63 Å². The van der Waals surface area contributed by atoms with Gasteiger partial charge in [0.15, 0.2) is 0 Å². The number of amides is 1. The first kappa shape index (κ1) is 10.3. The fourth-order valence-corrected chi connectivity index (χ4v) is 2.21. The van der Waals surface area contributed by atoms with Crippen LogP contribution in [-0.4, -0.2) is 34.3 Å². The van der Waals surface area contributed by atoms with Gasteiger partial charge in [0.2, 0.25) is 12.1 Å². The molecule has 0 saturated carbocycles. The summed E-state index contributed by atoms with van der Waals surface area (Å²) in [6.07, 6.45) is 5.46. The van der Waals surface area contributed by atoms with Crippen LogP contribution in [0, 0.1) is 0 Å². The van der Waals surface area contributed by atoms with E-state index >= 15 is 0 Å². The van der Waals surface area contributed by atoms with Gasteiger partial charge in [0.1, 0.15) is 0 Å². The molecule has 5 heteroatoms. The molecular weight excluding hydrogens is 218 g/mol. The summed E-state index contributed by atoms with van der Waals surface area (Å²) in [5.74, 6) is 0.164. The number of pyridine rings is 1. The molecule has 0 radical (unpaired) electrons. The molecule has 5 nitrogen and oxygen atoms in total. The first-order chi connectivity index (χ1) is 8.34. The quantitative estimate of drug-likeness (QED) is 0.767. The van der Waals surface area contributed by atoms with Gasteiger partial charge in [-0.05, 0) is 18.6 Å². The van der Waals surface area contributed by atoms with Crippen LogP contribution in [0.1, 0.15) is 24.8 Å². The first-order valence-corrected chi connectivity index (χ1v) is 5.77. The predicted octanol–water partition coefficient (Wildman–Crippen LogP) is 1.15. The Morgan fingerprint density at radius 1 is 1.47 bits per heavy atom. The maximum absolute atomic E-state index is 11.6. The summed E-state index contributed by atoms with van der Waals surface area (Å²) in [7, 11) is 0. The number of aromatic nitrogens is 1. The minimum atomic E-state index is -0.222. The number of carbonyl (C=O) groups is 1. The molecule has 0 spiro atoms. The Bertz CT molecular complexity index is 458. The smallest absolute Gasteiger partial charge is 0.225 e. The Hall–Kier alpha value is -1.91. The summed E-state index contributed by atoms with van der Waals surface area (Å²) >= 11 is 0. The molecule has 3 rings (SSSR count). The molecule has 2 aliphatic heterocycles. The van der Waals surface area contributed by atoms with Crippen molar-refractivity contribution in [1.82, 2.24) is 9.88 Å². The molecule has 17 heavy (non-hydrogen) atoms. The van der Waals surface area contributed by atoms with Crippen LogP contribution in [0.5, 0.6) is 0 Å². The molecular formula is C12H13N3O2. The molecule has 2 aliphatic rings. The van der Waals surface area contributed by atoms with E-state index in [9.17, 15) is 4.79 Å². The van der Waals surface area contributed by atoms with Crippen LogP contribution in [0.4, 0.5) is 0 Å². The van der Waals surface area contributed by atoms with E-state index in [0.29, 0.717) is 12.8 Å². The van der Waals surface area contributed by atoms with Gasteiger partial charge in [-0.3, -0.25) is 9.78 Å². The van der Waals surface area contributed by atoms with Crippen LogP contribution < -0.4 is 0 Å². The Morgan fingerprint density at radius 3 is 3.12 bits per heavy atom. The van der Waals surface area contributed by atoms with Crippen LogP contribution in [0.2, 0.25) is 0 Å². The van der Waals surface area contributed by atoms with E-state index in [1.807, 2.05) is 12.1 Å². The maximum atomic E-state index is 11.6. The molecule has 1 atom stereocenters. The lowest BCUT2D eigenvalue weighted by atomic mass is 10.1. The number of hydrogen-bond donors (Lipinski definition) is 0. The molecule has 1 aromatic rings. The maximum Gasteiger partial charge on any atom is 0.225 e. The summed E-state index contributed by atoms with van der Waals surface area (Å²) in [4.78, 5) is 22.7. The van der Waals surface area contributed by atoms with E-state index < -0.39 is 0 Å². The standard InChI is InChI=1S/C12H13N3O2/c16-11-4-2-6-15(11)12-7-10(14-17-12)9-3-1-5-13-8-9/h1,3,5,8,12H,2,4,6-7H2. The lowest BCUT2D eigenvalue weighted by Gasteiger charge is -2.20. The van der Waals surface area contributed by atoms with Crippen molar-refractivity contribution in [1.29, 1.82) is 0 Å². The van der Waals surface area contributed by atoms with Crippen molar-refractivity contribution in [2.24, 2.45) is 5.16 Å². The van der Waals surface area contributed by atoms with Crippen LogP contribution in [-0.2, 0) is 9.63 Å². The molecule has 0 bridgehead atoms. The largest absolute Gasteiger partial charge is 0.370 e. The third kappa shape index (κ3) is 1.88. The Kier molecular flexibility index (Phi) is 2.51.